The van der Waals surface area contributed by atoms with Crippen molar-refractivity contribution < 1.29 is 10.2 Å². The minimum atomic E-state index is 0.112. The third kappa shape index (κ3) is 4.66. The van der Waals surface area contributed by atoms with Gasteiger partial charge < -0.3 is 10.2 Å². The van der Waals surface area contributed by atoms with Gasteiger partial charge in [0.15, 0.2) is 0 Å². The zero-order valence-electron chi connectivity index (χ0n) is 19.9. The van der Waals surface area contributed by atoms with E-state index < -0.39 is 0 Å². The molecule has 4 atom stereocenters. The van der Waals surface area contributed by atoms with Crippen LogP contribution in [-0.2, 0) is 13.0 Å². The molecule has 4 unspecified atom stereocenters. The van der Waals surface area contributed by atoms with Gasteiger partial charge in [0.05, 0.1) is 12.1 Å². The Kier molecular flexibility index (Phi) is 6.80. The molecular formula is C30H34N2O2. The summed E-state index contributed by atoms with van der Waals surface area (Å²) in [6.07, 6.45) is 7.02. The smallest absolute Gasteiger partial charge is 0.116 e. The number of hydrogen-bond donors (Lipinski definition) is 2. The first-order valence-corrected chi connectivity index (χ1v) is 12.5. The number of phenolic OH excluding ortho intramolecular Hbond substituents is 1. The Labute approximate surface area is 201 Å². The number of hydrogen-bond acceptors (Lipinski definition) is 4. The number of benzene rings is 3. The number of fused-ring (bicyclic) bond motifs is 5. The molecule has 0 amide bonds. The number of phenols is 1. The summed E-state index contributed by atoms with van der Waals surface area (Å²) in [5.74, 6) is 2.16. The molecule has 4 heterocycles. The lowest BCUT2D eigenvalue weighted by Gasteiger charge is -2.50. The van der Waals surface area contributed by atoms with Crippen molar-refractivity contribution in [1.82, 2.24) is 9.88 Å². The molecule has 0 radical (unpaired) electrons. The first-order chi connectivity index (χ1) is 16.7. The number of pyridine rings is 1. The van der Waals surface area contributed by atoms with Gasteiger partial charge in [-0.15, -0.1) is 0 Å². The molecule has 0 saturated carbocycles. The van der Waals surface area contributed by atoms with E-state index in [4.69, 9.17) is 5.11 Å². The van der Waals surface area contributed by atoms with Gasteiger partial charge in [-0.1, -0.05) is 55.8 Å². The van der Waals surface area contributed by atoms with E-state index in [1.807, 2.05) is 48.7 Å². The molecule has 3 fully saturated rings. The van der Waals surface area contributed by atoms with Gasteiger partial charge >= 0.3 is 0 Å². The highest BCUT2D eigenvalue weighted by Crippen LogP contribution is 2.39. The van der Waals surface area contributed by atoms with Crippen molar-refractivity contribution in [1.29, 1.82) is 0 Å². The highest BCUT2D eigenvalue weighted by Gasteiger charge is 2.39. The van der Waals surface area contributed by atoms with E-state index in [2.05, 4.69) is 35.0 Å². The maximum Gasteiger partial charge on any atom is 0.116 e. The highest BCUT2D eigenvalue weighted by molar-refractivity contribution is 5.85. The number of nitrogens with zero attached hydrogens (tertiary/aromatic N) is 2. The molecule has 34 heavy (non-hydrogen) atoms. The number of aliphatic hydroxyl groups is 1. The summed E-state index contributed by atoms with van der Waals surface area (Å²) in [5.41, 5.74) is 3.30. The van der Waals surface area contributed by atoms with Crippen LogP contribution in [-0.4, -0.2) is 39.2 Å². The second-order valence-corrected chi connectivity index (χ2v) is 9.77. The molecule has 3 aromatic carbocycles. The van der Waals surface area contributed by atoms with E-state index in [0.29, 0.717) is 11.8 Å². The summed E-state index contributed by atoms with van der Waals surface area (Å²) in [6.45, 7) is 4.99. The van der Waals surface area contributed by atoms with E-state index in [-0.39, 0.29) is 6.61 Å². The van der Waals surface area contributed by atoms with Crippen molar-refractivity contribution >= 4 is 21.7 Å². The third-order valence-corrected chi connectivity index (χ3v) is 7.86. The number of piperidine rings is 3. The van der Waals surface area contributed by atoms with Crippen molar-refractivity contribution in [2.24, 2.45) is 11.8 Å². The van der Waals surface area contributed by atoms with E-state index >= 15 is 0 Å². The van der Waals surface area contributed by atoms with Crippen molar-refractivity contribution in [2.45, 2.75) is 45.3 Å². The summed E-state index contributed by atoms with van der Waals surface area (Å²) in [7, 11) is 0. The zero-order valence-corrected chi connectivity index (χ0v) is 19.9. The SMILES string of the molecule is CCC1CN2CCC1CC2Cc1ccnc2ccc(O)cc12.OCc1cccc2ccccc12. The molecule has 3 saturated heterocycles. The molecule has 0 spiro atoms. The minimum absolute atomic E-state index is 0.112. The Balaban J connectivity index is 0.000000169. The number of aliphatic hydroxyl groups excluding tert-OH is 1. The molecule has 3 aliphatic heterocycles. The van der Waals surface area contributed by atoms with Crippen LogP contribution in [0.2, 0.25) is 0 Å². The van der Waals surface area contributed by atoms with Crippen LogP contribution >= 0.6 is 0 Å². The summed E-state index contributed by atoms with van der Waals surface area (Å²) in [4.78, 5) is 7.12. The largest absolute Gasteiger partial charge is 0.508 e. The molecule has 176 valence electrons. The fourth-order valence-corrected chi connectivity index (χ4v) is 5.98. The lowest BCUT2D eigenvalue weighted by Crippen LogP contribution is -2.53. The zero-order chi connectivity index (χ0) is 23.5. The summed E-state index contributed by atoms with van der Waals surface area (Å²) >= 11 is 0. The van der Waals surface area contributed by atoms with Gasteiger partial charge in [0.2, 0.25) is 0 Å². The maximum atomic E-state index is 9.79. The Bertz CT molecular complexity index is 1270. The van der Waals surface area contributed by atoms with Crippen LogP contribution in [0, 0.1) is 11.8 Å². The first-order valence-electron chi connectivity index (χ1n) is 12.5. The second-order valence-electron chi connectivity index (χ2n) is 9.77. The second kappa shape index (κ2) is 10.1. The van der Waals surface area contributed by atoms with Crippen molar-refractivity contribution in [3.8, 4) is 5.75 Å². The average molecular weight is 455 g/mol. The summed E-state index contributed by atoms with van der Waals surface area (Å²) < 4.78 is 0. The van der Waals surface area contributed by atoms with Crippen molar-refractivity contribution in [2.75, 3.05) is 13.1 Å². The number of aromatic hydroxyl groups is 1. The normalized spacial score (nSPS) is 23.6. The minimum Gasteiger partial charge on any atom is -0.508 e. The van der Waals surface area contributed by atoms with Crippen LogP contribution in [0.4, 0.5) is 0 Å². The molecule has 7 rings (SSSR count). The van der Waals surface area contributed by atoms with Gasteiger partial charge in [0.1, 0.15) is 5.75 Å². The van der Waals surface area contributed by atoms with Gasteiger partial charge in [-0.05, 0) is 83.8 Å². The van der Waals surface area contributed by atoms with Crippen LogP contribution in [0.15, 0.2) is 72.9 Å². The van der Waals surface area contributed by atoms with E-state index in [1.165, 1.54) is 43.3 Å². The van der Waals surface area contributed by atoms with Crippen molar-refractivity contribution in [3.63, 3.8) is 0 Å². The standard InChI is InChI=1S/C19H24N2O.C11H10O/c1-2-13-12-21-8-6-14(13)9-16(21)10-15-5-7-20-19-4-3-17(22)11-18(15)19;12-8-10-6-3-5-9-4-1-2-7-11(9)10/h3-5,7,11,13-14,16,22H,2,6,8-10,12H2,1H3;1-7,12H,8H2. The van der Waals surface area contributed by atoms with Gasteiger partial charge in [0.25, 0.3) is 0 Å². The molecule has 2 bridgehead atoms. The fourth-order valence-electron chi connectivity index (χ4n) is 5.98. The van der Waals surface area contributed by atoms with Gasteiger partial charge in [0, 0.05) is 24.2 Å². The van der Waals surface area contributed by atoms with Gasteiger partial charge in [-0.3, -0.25) is 9.88 Å². The quantitative estimate of drug-likeness (QED) is 0.401. The molecule has 1 aromatic heterocycles. The van der Waals surface area contributed by atoms with E-state index in [9.17, 15) is 5.11 Å². The predicted molar refractivity (Wildman–Crippen MR) is 139 cm³/mol. The van der Waals surface area contributed by atoms with Gasteiger partial charge in [-0.2, -0.15) is 0 Å². The average Bonchev–Trinajstić information content (AvgIpc) is 2.89. The van der Waals surface area contributed by atoms with Crippen LogP contribution in [0.25, 0.3) is 21.7 Å². The topological polar surface area (TPSA) is 56.6 Å². The molecule has 0 aliphatic carbocycles. The predicted octanol–water partition coefficient (Wildman–Crippen LogP) is 5.94. The monoisotopic (exact) mass is 454 g/mol. The number of aromatic nitrogens is 1. The maximum absolute atomic E-state index is 9.79. The van der Waals surface area contributed by atoms with Crippen LogP contribution < -0.4 is 0 Å². The highest BCUT2D eigenvalue weighted by atomic mass is 16.3. The molecule has 2 N–H and O–H groups in total. The molecule has 4 aromatic rings. The lowest BCUT2D eigenvalue weighted by atomic mass is 9.73. The van der Waals surface area contributed by atoms with Crippen molar-refractivity contribution in [3.05, 3.63) is 84.1 Å². The van der Waals surface area contributed by atoms with Gasteiger partial charge in [-0.25, -0.2) is 0 Å². The summed E-state index contributed by atoms with van der Waals surface area (Å²) in [6, 6.07) is 22.3. The first kappa shape index (κ1) is 22.8. The lowest BCUT2D eigenvalue weighted by molar-refractivity contribution is 0.000317. The summed E-state index contributed by atoms with van der Waals surface area (Å²) in [5, 5.41) is 22.3. The molecule has 4 heteroatoms. The van der Waals surface area contributed by atoms with E-state index in [0.717, 1.165) is 40.1 Å². The number of rotatable bonds is 4. The Hall–Kier alpha value is -2.95. The van der Waals surface area contributed by atoms with Crippen LogP contribution in [0.1, 0.15) is 37.3 Å². The molecule has 4 nitrogen and oxygen atoms in total. The fraction of sp³-hybridized carbons (Fsp3) is 0.367. The molecule has 3 aliphatic rings. The van der Waals surface area contributed by atoms with Crippen LogP contribution in [0.3, 0.4) is 0 Å². The van der Waals surface area contributed by atoms with Crippen LogP contribution in [0.5, 0.6) is 5.75 Å². The Morgan fingerprint density at radius 1 is 0.971 bits per heavy atom. The Morgan fingerprint density at radius 2 is 1.82 bits per heavy atom. The van der Waals surface area contributed by atoms with E-state index in [1.54, 1.807) is 6.07 Å². The molecular weight excluding hydrogens is 420 g/mol. The third-order valence-electron chi connectivity index (χ3n) is 7.86. The Morgan fingerprint density at radius 3 is 2.62 bits per heavy atom.